The van der Waals surface area contributed by atoms with Gasteiger partial charge in [0.2, 0.25) is 5.91 Å². The summed E-state index contributed by atoms with van der Waals surface area (Å²) in [5.74, 6) is 0.235. The van der Waals surface area contributed by atoms with Gasteiger partial charge in [-0.3, -0.25) is 9.78 Å². The van der Waals surface area contributed by atoms with Crippen molar-refractivity contribution in [3.05, 3.63) is 119 Å². The van der Waals surface area contributed by atoms with Gasteiger partial charge in [0.05, 0.1) is 25.0 Å². The molecule has 1 fully saturated rings. The van der Waals surface area contributed by atoms with E-state index in [0.717, 1.165) is 39.9 Å². The number of nitrogens with zero attached hydrogens (tertiary/aromatic N) is 2. The van der Waals surface area contributed by atoms with Gasteiger partial charge in [0.15, 0.2) is 5.82 Å². The van der Waals surface area contributed by atoms with Crippen molar-refractivity contribution in [3.8, 4) is 0 Å². The average molecular weight is 646 g/mol. The predicted molar refractivity (Wildman–Crippen MR) is 177 cm³/mol. The smallest absolute Gasteiger partial charge is 0.407 e. The maximum absolute atomic E-state index is 14.0. The average Bonchev–Trinajstić information content (AvgIpc) is 3.08. The van der Waals surface area contributed by atoms with Gasteiger partial charge >= 0.3 is 6.09 Å². The minimum Gasteiger partial charge on any atom is -0.453 e. The second kappa shape index (κ2) is 16.4. The van der Waals surface area contributed by atoms with Crippen molar-refractivity contribution in [2.24, 2.45) is 0 Å². The van der Waals surface area contributed by atoms with Gasteiger partial charge in [0.1, 0.15) is 6.04 Å². The fourth-order valence-corrected chi connectivity index (χ4v) is 6.32. The fourth-order valence-electron chi connectivity index (χ4n) is 5.29. The van der Waals surface area contributed by atoms with Crippen LogP contribution in [0, 0.1) is 0 Å². The topological polar surface area (TPSA) is 114 Å². The SMILES string of the molecule is COC(=O)NC(C(=O)Nc1nccnc1CCC1CNCC(CSc2ccc(Cl)cc2)O1)C(c1ccccc1)c1ccccc1. The Hall–Kier alpha value is -3.96. The van der Waals surface area contributed by atoms with Gasteiger partial charge in [-0.25, -0.2) is 9.78 Å². The first-order chi connectivity index (χ1) is 22.0. The maximum atomic E-state index is 14.0. The van der Waals surface area contributed by atoms with Crippen molar-refractivity contribution in [2.45, 2.75) is 41.9 Å². The number of ether oxygens (including phenoxy) is 2. The summed E-state index contributed by atoms with van der Waals surface area (Å²) in [7, 11) is 1.27. The molecule has 1 aliphatic rings. The van der Waals surface area contributed by atoms with E-state index in [9.17, 15) is 9.59 Å². The molecule has 3 unspecified atom stereocenters. The van der Waals surface area contributed by atoms with Gasteiger partial charge in [-0.15, -0.1) is 11.8 Å². The highest BCUT2D eigenvalue weighted by Crippen LogP contribution is 2.30. The van der Waals surface area contributed by atoms with E-state index in [0.29, 0.717) is 24.4 Å². The van der Waals surface area contributed by atoms with Gasteiger partial charge in [-0.2, -0.15) is 0 Å². The highest BCUT2D eigenvalue weighted by Gasteiger charge is 2.33. The molecular weight excluding hydrogens is 610 g/mol. The minimum atomic E-state index is -0.998. The minimum absolute atomic E-state index is 0.0191. The molecule has 0 bridgehead atoms. The number of carbonyl (C=O) groups excluding carboxylic acids is 2. The normalized spacial score (nSPS) is 17.0. The molecule has 5 rings (SSSR count). The number of hydrogen-bond donors (Lipinski definition) is 3. The second-order valence-corrected chi connectivity index (χ2v) is 12.1. The zero-order valence-corrected chi connectivity index (χ0v) is 26.5. The van der Waals surface area contributed by atoms with Gasteiger partial charge in [0.25, 0.3) is 0 Å². The lowest BCUT2D eigenvalue weighted by Gasteiger charge is -2.31. The molecule has 0 saturated carbocycles. The number of aryl methyl sites for hydroxylation is 1. The molecular formula is C34H36ClN5O4S. The third-order valence-corrected chi connectivity index (χ3v) is 8.89. The summed E-state index contributed by atoms with van der Waals surface area (Å²) in [4.78, 5) is 36.6. The molecule has 234 valence electrons. The molecule has 0 aliphatic carbocycles. The lowest BCUT2D eigenvalue weighted by atomic mass is 9.84. The van der Waals surface area contributed by atoms with Crippen LogP contribution in [-0.2, 0) is 20.7 Å². The molecule has 1 aromatic heterocycles. The Morgan fingerprint density at radius 3 is 2.27 bits per heavy atom. The molecule has 1 aliphatic heterocycles. The van der Waals surface area contributed by atoms with Crippen LogP contribution in [0.25, 0.3) is 0 Å². The second-order valence-electron chi connectivity index (χ2n) is 10.6. The molecule has 0 radical (unpaired) electrons. The van der Waals surface area contributed by atoms with Crippen LogP contribution in [0.1, 0.15) is 29.2 Å². The molecule has 1 saturated heterocycles. The quantitative estimate of drug-likeness (QED) is 0.168. The van der Waals surface area contributed by atoms with Crippen molar-refractivity contribution in [1.82, 2.24) is 20.6 Å². The van der Waals surface area contributed by atoms with E-state index in [1.54, 1.807) is 18.0 Å². The van der Waals surface area contributed by atoms with Gasteiger partial charge in [0, 0.05) is 47.1 Å². The Labute approximate surface area is 272 Å². The monoisotopic (exact) mass is 645 g/mol. The number of alkyl carbamates (subject to hydrolysis) is 1. The van der Waals surface area contributed by atoms with Crippen LogP contribution in [0.2, 0.25) is 5.02 Å². The van der Waals surface area contributed by atoms with Crippen LogP contribution in [0.5, 0.6) is 0 Å². The molecule has 4 aromatic rings. The van der Waals surface area contributed by atoms with Crippen molar-refractivity contribution >= 4 is 41.2 Å². The Morgan fingerprint density at radius 2 is 1.60 bits per heavy atom. The number of nitrogens with one attached hydrogen (secondary N) is 3. The van der Waals surface area contributed by atoms with E-state index in [1.807, 2.05) is 84.9 Å². The summed E-state index contributed by atoms with van der Waals surface area (Å²) >= 11 is 7.75. The number of carbonyl (C=O) groups is 2. The third-order valence-electron chi connectivity index (χ3n) is 7.49. The van der Waals surface area contributed by atoms with E-state index in [2.05, 4.69) is 25.9 Å². The molecule has 45 heavy (non-hydrogen) atoms. The first kappa shape index (κ1) is 32.4. The zero-order chi connectivity index (χ0) is 31.4. The van der Waals surface area contributed by atoms with Gasteiger partial charge in [-0.1, -0.05) is 72.3 Å². The first-order valence-electron chi connectivity index (χ1n) is 14.8. The van der Waals surface area contributed by atoms with Crippen LogP contribution in [-0.4, -0.2) is 66.2 Å². The largest absolute Gasteiger partial charge is 0.453 e. The summed E-state index contributed by atoms with van der Waals surface area (Å²) < 4.78 is 11.3. The summed E-state index contributed by atoms with van der Waals surface area (Å²) in [5.41, 5.74) is 2.37. The lowest BCUT2D eigenvalue weighted by Crippen LogP contribution is -2.48. The fraction of sp³-hybridized carbons (Fsp3) is 0.294. The Balaban J connectivity index is 1.27. The van der Waals surface area contributed by atoms with Crippen molar-refractivity contribution in [3.63, 3.8) is 0 Å². The number of anilines is 1. The van der Waals surface area contributed by atoms with Gasteiger partial charge < -0.3 is 25.4 Å². The third kappa shape index (κ3) is 9.27. The van der Waals surface area contributed by atoms with Crippen LogP contribution >= 0.6 is 23.4 Å². The number of halogens is 1. The van der Waals surface area contributed by atoms with E-state index in [1.165, 1.54) is 13.3 Å². The van der Waals surface area contributed by atoms with Gasteiger partial charge in [-0.05, 0) is 48.2 Å². The number of thioether (sulfide) groups is 1. The number of benzene rings is 3. The summed E-state index contributed by atoms with van der Waals surface area (Å²) in [6.07, 6.45) is 3.71. The van der Waals surface area contributed by atoms with Crippen LogP contribution in [0.4, 0.5) is 10.6 Å². The molecule has 11 heteroatoms. The Kier molecular flexibility index (Phi) is 11.8. The standard InChI is InChI=1S/C34H36ClN5O4S/c1-43-34(42)39-31(30(23-8-4-2-5-9-23)24-10-6-3-7-11-24)33(41)40-32-29(37-18-19-38-32)17-14-26-20-36-21-27(44-26)22-45-28-15-12-25(35)13-16-28/h2-13,15-16,18-19,26-27,30-31,36H,14,17,20-22H2,1H3,(H,39,42)(H,38,40,41). The van der Waals surface area contributed by atoms with E-state index < -0.39 is 24.0 Å². The molecule has 3 atom stereocenters. The van der Waals surface area contributed by atoms with E-state index in [-0.39, 0.29) is 12.2 Å². The molecule has 3 N–H and O–H groups in total. The Bertz CT molecular complexity index is 1490. The highest BCUT2D eigenvalue weighted by molar-refractivity contribution is 7.99. The number of hydrogen-bond acceptors (Lipinski definition) is 8. The zero-order valence-electron chi connectivity index (χ0n) is 24.9. The van der Waals surface area contributed by atoms with Crippen LogP contribution in [0.3, 0.4) is 0 Å². The predicted octanol–water partition coefficient (Wildman–Crippen LogP) is 5.71. The molecule has 2 amide bonds. The van der Waals surface area contributed by atoms with E-state index in [4.69, 9.17) is 21.1 Å². The summed E-state index contributed by atoms with van der Waals surface area (Å²) in [6, 6.07) is 26.0. The first-order valence-corrected chi connectivity index (χ1v) is 16.2. The number of methoxy groups -OCH3 is 1. The van der Waals surface area contributed by atoms with Crippen molar-refractivity contribution in [2.75, 3.05) is 31.3 Å². The van der Waals surface area contributed by atoms with Crippen molar-refractivity contribution < 1.29 is 19.1 Å². The Morgan fingerprint density at radius 1 is 0.956 bits per heavy atom. The molecule has 9 nitrogen and oxygen atoms in total. The summed E-state index contributed by atoms with van der Waals surface area (Å²) in [5, 5.41) is 9.90. The van der Waals surface area contributed by atoms with Crippen LogP contribution < -0.4 is 16.0 Å². The number of aromatic nitrogens is 2. The maximum Gasteiger partial charge on any atom is 0.407 e. The lowest BCUT2D eigenvalue weighted by molar-refractivity contribution is -0.118. The number of morpholine rings is 1. The van der Waals surface area contributed by atoms with Crippen molar-refractivity contribution in [1.29, 1.82) is 0 Å². The molecule has 2 heterocycles. The highest BCUT2D eigenvalue weighted by atomic mass is 35.5. The summed E-state index contributed by atoms with van der Waals surface area (Å²) in [6.45, 7) is 1.51. The van der Waals surface area contributed by atoms with Crippen LogP contribution in [0.15, 0.2) is 102 Å². The molecule has 3 aromatic carbocycles. The molecule has 0 spiro atoms. The van der Waals surface area contributed by atoms with E-state index >= 15 is 0 Å². The number of rotatable bonds is 12. The number of amides is 2.